The number of benzene rings is 2. The standard InChI is InChI=1S/C27H26N4O5/c1-35-26(34)21-8-3-7-20(16-21)25(33)29-12-13-31-24(32)17-22(30-27(31)28)11-10-18-5-2-6-19(15-18)23-9-4-14-36-23/h2-9,14-17H,10-13H2,1H3,(H2,28,30)(H,29,33). The van der Waals surface area contributed by atoms with Crippen molar-refractivity contribution in [2.24, 2.45) is 0 Å². The number of nitrogens with two attached hydrogens (primary N) is 1. The van der Waals surface area contributed by atoms with Crippen LogP contribution in [-0.4, -0.2) is 35.1 Å². The highest BCUT2D eigenvalue weighted by Gasteiger charge is 2.12. The quantitative estimate of drug-likeness (QED) is 0.348. The van der Waals surface area contributed by atoms with Crippen LogP contribution in [-0.2, 0) is 24.1 Å². The highest BCUT2D eigenvalue weighted by Crippen LogP contribution is 2.21. The molecule has 2 aromatic heterocycles. The number of ether oxygens (including phenoxy) is 1. The van der Waals surface area contributed by atoms with E-state index in [0.29, 0.717) is 24.1 Å². The summed E-state index contributed by atoms with van der Waals surface area (Å²) in [7, 11) is 1.27. The van der Waals surface area contributed by atoms with Gasteiger partial charge < -0.3 is 20.2 Å². The van der Waals surface area contributed by atoms with E-state index in [1.54, 1.807) is 24.5 Å². The maximum Gasteiger partial charge on any atom is 0.337 e. The Morgan fingerprint density at radius 3 is 2.58 bits per heavy atom. The molecule has 0 aliphatic heterocycles. The van der Waals surface area contributed by atoms with E-state index >= 15 is 0 Å². The average Bonchev–Trinajstić information content (AvgIpc) is 3.44. The lowest BCUT2D eigenvalue weighted by atomic mass is 10.0. The van der Waals surface area contributed by atoms with E-state index in [4.69, 9.17) is 10.2 Å². The molecule has 0 saturated carbocycles. The van der Waals surface area contributed by atoms with Crippen LogP contribution in [0.3, 0.4) is 0 Å². The number of nitrogen functional groups attached to an aromatic ring is 1. The first-order valence-corrected chi connectivity index (χ1v) is 11.4. The smallest absolute Gasteiger partial charge is 0.337 e. The number of amides is 1. The Labute approximate surface area is 207 Å². The van der Waals surface area contributed by atoms with E-state index in [0.717, 1.165) is 16.9 Å². The number of hydrogen-bond donors (Lipinski definition) is 2. The highest BCUT2D eigenvalue weighted by molar-refractivity contribution is 5.97. The molecular formula is C27H26N4O5. The van der Waals surface area contributed by atoms with Gasteiger partial charge in [0.2, 0.25) is 5.95 Å². The zero-order valence-corrected chi connectivity index (χ0v) is 19.8. The fourth-order valence-corrected chi connectivity index (χ4v) is 3.81. The number of esters is 1. The molecule has 184 valence electrons. The van der Waals surface area contributed by atoms with Crippen molar-refractivity contribution >= 4 is 17.8 Å². The summed E-state index contributed by atoms with van der Waals surface area (Å²) in [6.45, 7) is 0.317. The van der Waals surface area contributed by atoms with Gasteiger partial charge in [0.15, 0.2) is 0 Å². The van der Waals surface area contributed by atoms with Crippen LogP contribution >= 0.6 is 0 Å². The molecular weight excluding hydrogens is 460 g/mol. The SMILES string of the molecule is COC(=O)c1cccc(C(=O)NCCn2c(N)nc(CCc3cccc(-c4ccco4)c3)cc2=O)c1. The van der Waals surface area contributed by atoms with Crippen LogP contribution < -0.4 is 16.6 Å². The molecule has 9 heteroatoms. The number of nitrogens with zero attached hydrogens (tertiary/aromatic N) is 2. The minimum Gasteiger partial charge on any atom is -0.465 e. The van der Waals surface area contributed by atoms with E-state index < -0.39 is 5.97 Å². The predicted octanol–water partition coefficient (Wildman–Crippen LogP) is 3.09. The lowest BCUT2D eigenvalue weighted by Crippen LogP contribution is -2.32. The van der Waals surface area contributed by atoms with Gasteiger partial charge in [0.05, 0.1) is 24.6 Å². The molecule has 9 nitrogen and oxygen atoms in total. The predicted molar refractivity (Wildman–Crippen MR) is 135 cm³/mol. The van der Waals surface area contributed by atoms with Crippen molar-refractivity contribution in [1.29, 1.82) is 0 Å². The molecule has 4 aromatic rings. The first-order valence-electron chi connectivity index (χ1n) is 11.4. The molecule has 0 unspecified atom stereocenters. The van der Waals surface area contributed by atoms with Gasteiger partial charge in [-0.05, 0) is 54.8 Å². The van der Waals surface area contributed by atoms with Crippen LogP contribution in [0.1, 0.15) is 32.0 Å². The van der Waals surface area contributed by atoms with Crippen molar-refractivity contribution in [3.8, 4) is 11.3 Å². The Morgan fingerprint density at radius 2 is 1.83 bits per heavy atom. The number of carbonyl (C=O) groups excluding carboxylic acids is 2. The number of aromatic nitrogens is 2. The number of anilines is 1. The maximum atomic E-state index is 12.6. The number of nitrogens with one attached hydrogen (secondary N) is 1. The molecule has 0 atom stereocenters. The van der Waals surface area contributed by atoms with E-state index in [2.05, 4.69) is 15.0 Å². The molecule has 4 rings (SSSR count). The summed E-state index contributed by atoms with van der Waals surface area (Å²) < 4.78 is 11.4. The molecule has 0 bridgehead atoms. The van der Waals surface area contributed by atoms with Crippen molar-refractivity contribution < 1.29 is 18.7 Å². The van der Waals surface area contributed by atoms with E-state index in [1.807, 2.05) is 36.4 Å². The second kappa shape index (κ2) is 11.2. The fraction of sp³-hybridized carbons (Fsp3) is 0.185. The minimum atomic E-state index is -0.527. The number of rotatable bonds is 9. The summed E-state index contributed by atoms with van der Waals surface area (Å²) in [5.41, 5.74) is 9.02. The van der Waals surface area contributed by atoms with Gasteiger partial charge in [-0.15, -0.1) is 0 Å². The zero-order valence-electron chi connectivity index (χ0n) is 19.8. The monoisotopic (exact) mass is 486 g/mol. The molecule has 0 saturated heterocycles. The number of methoxy groups -OCH3 is 1. The van der Waals surface area contributed by atoms with Crippen LogP contribution in [0, 0.1) is 0 Å². The van der Waals surface area contributed by atoms with Crippen LogP contribution in [0.25, 0.3) is 11.3 Å². The lowest BCUT2D eigenvalue weighted by Gasteiger charge is -2.11. The maximum absolute atomic E-state index is 12.6. The minimum absolute atomic E-state index is 0.0868. The number of furan rings is 1. The molecule has 1 amide bonds. The van der Waals surface area contributed by atoms with Gasteiger partial charge in [0.25, 0.3) is 11.5 Å². The Kier molecular flexibility index (Phi) is 7.60. The third-order valence-corrected chi connectivity index (χ3v) is 5.66. The number of carbonyl (C=O) groups is 2. The average molecular weight is 487 g/mol. The van der Waals surface area contributed by atoms with Crippen LogP contribution in [0.4, 0.5) is 5.95 Å². The van der Waals surface area contributed by atoms with Gasteiger partial charge in [0, 0.05) is 30.3 Å². The number of aryl methyl sites for hydroxylation is 2. The Bertz CT molecular complexity index is 1430. The summed E-state index contributed by atoms with van der Waals surface area (Å²) in [6, 6.07) is 19.4. The first kappa shape index (κ1) is 24.5. The summed E-state index contributed by atoms with van der Waals surface area (Å²) >= 11 is 0. The van der Waals surface area contributed by atoms with Crippen molar-refractivity contribution in [2.45, 2.75) is 19.4 Å². The van der Waals surface area contributed by atoms with E-state index in [9.17, 15) is 14.4 Å². The van der Waals surface area contributed by atoms with Gasteiger partial charge >= 0.3 is 5.97 Å². The summed E-state index contributed by atoms with van der Waals surface area (Å²) in [5, 5.41) is 2.72. The van der Waals surface area contributed by atoms with Gasteiger partial charge in [-0.25, -0.2) is 9.78 Å². The highest BCUT2D eigenvalue weighted by atomic mass is 16.5. The molecule has 2 aromatic carbocycles. The van der Waals surface area contributed by atoms with Gasteiger partial charge in [0.1, 0.15) is 5.76 Å². The van der Waals surface area contributed by atoms with E-state index in [-0.39, 0.29) is 36.1 Å². The van der Waals surface area contributed by atoms with Crippen LogP contribution in [0.15, 0.2) is 82.2 Å². The van der Waals surface area contributed by atoms with Crippen molar-refractivity contribution in [2.75, 3.05) is 19.4 Å². The molecule has 0 radical (unpaired) electrons. The van der Waals surface area contributed by atoms with Crippen LogP contribution in [0.2, 0.25) is 0 Å². The first-order chi connectivity index (χ1) is 17.4. The molecule has 2 heterocycles. The van der Waals surface area contributed by atoms with Crippen molar-refractivity contribution in [3.63, 3.8) is 0 Å². The molecule has 36 heavy (non-hydrogen) atoms. The van der Waals surface area contributed by atoms with Gasteiger partial charge in [-0.2, -0.15) is 0 Å². The Hall–Kier alpha value is -4.66. The topological polar surface area (TPSA) is 129 Å². The van der Waals surface area contributed by atoms with Crippen molar-refractivity contribution in [1.82, 2.24) is 14.9 Å². The third-order valence-electron chi connectivity index (χ3n) is 5.66. The second-order valence-corrected chi connectivity index (χ2v) is 8.10. The fourth-order valence-electron chi connectivity index (χ4n) is 3.81. The molecule has 0 fully saturated rings. The van der Waals surface area contributed by atoms with Gasteiger partial charge in [-0.3, -0.25) is 14.2 Å². The molecule has 0 aliphatic carbocycles. The number of hydrogen-bond acceptors (Lipinski definition) is 7. The second-order valence-electron chi connectivity index (χ2n) is 8.10. The van der Waals surface area contributed by atoms with Gasteiger partial charge in [-0.1, -0.05) is 24.3 Å². The molecule has 0 aliphatic rings. The third kappa shape index (κ3) is 5.87. The van der Waals surface area contributed by atoms with Crippen molar-refractivity contribution in [3.05, 3.63) is 106 Å². The summed E-state index contributed by atoms with van der Waals surface area (Å²) in [5.74, 6) is -0.0250. The zero-order chi connectivity index (χ0) is 25.5. The lowest BCUT2D eigenvalue weighted by molar-refractivity contribution is 0.0600. The molecule has 3 N–H and O–H groups in total. The Balaban J connectivity index is 1.35. The summed E-state index contributed by atoms with van der Waals surface area (Å²) in [6.07, 6.45) is 2.87. The summed E-state index contributed by atoms with van der Waals surface area (Å²) in [4.78, 5) is 41.1. The van der Waals surface area contributed by atoms with E-state index in [1.165, 1.54) is 23.8 Å². The Morgan fingerprint density at radius 1 is 1.03 bits per heavy atom. The largest absolute Gasteiger partial charge is 0.465 e. The molecule has 0 spiro atoms. The van der Waals surface area contributed by atoms with Crippen LogP contribution in [0.5, 0.6) is 0 Å². The normalized spacial score (nSPS) is 10.7.